The Balaban J connectivity index is 1.62. The standard InChI is InChI=1S/C14H22BrN3OS/c15-14-2-1-13(20-14)12(9-16)18-4-3-11(10-18)17-5-7-19-8-6-17/h1-2,11-12H,3-10,16H2. The maximum atomic E-state index is 6.03. The molecule has 1 aromatic rings. The number of rotatable bonds is 4. The lowest BCUT2D eigenvalue weighted by atomic mass is 10.2. The number of morpholine rings is 1. The van der Waals surface area contributed by atoms with Gasteiger partial charge in [0, 0.05) is 43.6 Å². The molecule has 2 unspecified atom stereocenters. The van der Waals surface area contributed by atoms with Crippen LogP contribution in [0.4, 0.5) is 0 Å². The smallest absolute Gasteiger partial charge is 0.0702 e. The van der Waals surface area contributed by atoms with Crippen LogP contribution >= 0.6 is 27.3 Å². The molecule has 20 heavy (non-hydrogen) atoms. The van der Waals surface area contributed by atoms with Gasteiger partial charge in [0.15, 0.2) is 0 Å². The Morgan fingerprint density at radius 2 is 2.15 bits per heavy atom. The van der Waals surface area contributed by atoms with Crippen molar-refractivity contribution >= 4 is 27.3 Å². The largest absolute Gasteiger partial charge is 0.379 e. The van der Waals surface area contributed by atoms with Crippen LogP contribution in [0.15, 0.2) is 15.9 Å². The fraction of sp³-hybridized carbons (Fsp3) is 0.714. The van der Waals surface area contributed by atoms with Gasteiger partial charge in [0.25, 0.3) is 0 Å². The van der Waals surface area contributed by atoms with Crippen LogP contribution in [0.2, 0.25) is 0 Å². The second-order valence-corrected chi connectivity index (χ2v) is 7.97. The Labute approximate surface area is 133 Å². The predicted octanol–water partition coefficient (Wildman–Crippen LogP) is 1.92. The van der Waals surface area contributed by atoms with Crippen LogP contribution < -0.4 is 5.73 Å². The van der Waals surface area contributed by atoms with Crippen molar-refractivity contribution in [2.45, 2.75) is 18.5 Å². The predicted molar refractivity (Wildman–Crippen MR) is 86.2 cm³/mol. The van der Waals surface area contributed by atoms with E-state index >= 15 is 0 Å². The summed E-state index contributed by atoms with van der Waals surface area (Å²) in [6.45, 7) is 6.91. The first-order valence-electron chi connectivity index (χ1n) is 7.29. The van der Waals surface area contributed by atoms with Gasteiger partial charge in [-0.3, -0.25) is 9.80 Å². The first-order chi connectivity index (χ1) is 9.78. The molecule has 3 rings (SSSR count). The van der Waals surface area contributed by atoms with E-state index in [2.05, 4.69) is 37.9 Å². The summed E-state index contributed by atoms with van der Waals surface area (Å²) in [5.41, 5.74) is 6.03. The van der Waals surface area contributed by atoms with Crippen LogP contribution in [0.1, 0.15) is 17.3 Å². The van der Waals surface area contributed by atoms with Crippen molar-refractivity contribution in [3.05, 3.63) is 20.8 Å². The van der Waals surface area contributed by atoms with Crippen LogP contribution in [-0.2, 0) is 4.74 Å². The van der Waals surface area contributed by atoms with Crippen molar-refractivity contribution in [2.75, 3.05) is 45.9 Å². The zero-order chi connectivity index (χ0) is 13.9. The number of nitrogens with two attached hydrogens (primary N) is 1. The quantitative estimate of drug-likeness (QED) is 0.891. The van der Waals surface area contributed by atoms with Gasteiger partial charge in [-0.05, 0) is 34.5 Å². The normalized spacial score (nSPS) is 27.0. The number of ether oxygens (including phenoxy) is 1. The number of thiophene rings is 1. The summed E-state index contributed by atoms with van der Waals surface area (Å²) in [4.78, 5) is 6.52. The van der Waals surface area contributed by atoms with Crippen LogP contribution in [0, 0.1) is 0 Å². The Kier molecular flexibility index (Phi) is 5.12. The number of likely N-dealkylation sites (tertiary alicyclic amines) is 1. The topological polar surface area (TPSA) is 41.7 Å². The molecule has 2 saturated heterocycles. The molecule has 2 atom stereocenters. The summed E-state index contributed by atoms with van der Waals surface area (Å²) in [6, 6.07) is 5.38. The van der Waals surface area contributed by atoms with E-state index < -0.39 is 0 Å². The molecule has 0 aromatic carbocycles. The zero-order valence-corrected chi connectivity index (χ0v) is 14.0. The maximum absolute atomic E-state index is 6.03. The maximum Gasteiger partial charge on any atom is 0.0702 e. The van der Waals surface area contributed by atoms with Crippen molar-refractivity contribution in [3.8, 4) is 0 Å². The summed E-state index contributed by atoms with van der Waals surface area (Å²) < 4.78 is 6.64. The van der Waals surface area contributed by atoms with Gasteiger partial charge in [0.05, 0.1) is 23.0 Å². The number of nitrogens with zero attached hydrogens (tertiary/aromatic N) is 2. The minimum absolute atomic E-state index is 0.373. The monoisotopic (exact) mass is 359 g/mol. The Hall–Kier alpha value is 0.0200. The third-order valence-corrected chi connectivity index (χ3v) is 6.07. The third-order valence-electron chi connectivity index (χ3n) is 4.34. The molecule has 3 heterocycles. The highest BCUT2D eigenvalue weighted by molar-refractivity contribution is 9.11. The molecule has 0 saturated carbocycles. The molecule has 2 aliphatic rings. The van der Waals surface area contributed by atoms with E-state index in [1.807, 2.05) is 0 Å². The van der Waals surface area contributed by atoms with Gasteiger partial charge in [-0.15, -0.1) is 11.3 Å². The number of hydrogen-bond donors (Lipinski definition) is 1. The van der Waals surface area contributed by atoms with E-state index in [0.717, 1.165) is 39.4 Å². The van der Waals surface area contributed by atoms with Crippen molar-refractivity contribution < 1.29 is 4.74 Å². The molecule has 0 aliphatic carbocycles. The van der Waals surface area contributed by atoms with Gasteiger partial charge in [-0.2, -0.15) is 0 Å². The highest BCUT2D eigenvalue weighted by Crippen LogP contribution is 2.33. The molecular weight excluding hydrogens is 338 g/mol. The molecule has 2 N–H and O–H groups in total. The highest BCUT2D eigenvalue weighted by Gasteiger charge is 2.32. The van der Waals surface area contributed by atoms with E-state index in [0.29, 0.717) is 18.6 Å². The summed E-state index contributed by atoms with van der Waals surface area (Å²) in [5, 5.41) is 0. The molecule has 1 aromatic heterocycles. The molecule has 0 amide bonds. The number of hydrogen-bond acceptors (Lipinski definition) is 5. The van der Waals surface area contributed by atoms with E-state index in [9.17, 15) is 0 Å². The molecule has 0 radical (unpaired) electrons. The second-order valence-electron chi connectivity index (χ2n) is 5.48. The third kappa shape index (κ3) is 3.26. The SMILES string of the molecule is NCC(c1ccc(Br)s1)N1CCC(N2CCOCC2)C1. The van der Waals surface area contributed by atoms with E-state index in [-0.39, 0.29) is 0 Å². The van der Waals surface area contributed by atoms with Crippen molar-refractivity contribution in [1.82, 2.24) is 9.80 Å². The van der Waals surface area contributed by atoms with Crippen LogP contribution in [0.3, 0.4) is 0 Å². The van der Waals surface area contributed by atoms with Crippen molar-refractivity contribution in [3.63, 3.8) is 0 Å². The molecule has 2 aliphatic heterocycles. The summed E-state index contributed by atoms with van der Waals surface area (Å²) >= 11 is 5.36. The lowest BCUT2D eigenvalue weighted by Crippen LogP contribution is -2.45. The second kappa shape index (κ2) is 6.85. The molecule has 2 fully saturated rings. The summed E-state index contributed by atoms with van der Waals surface area (Å²) in [6.07, 6.45) is 1.25. The average molecular weight is 360 g/mol. The molecular formula is C14H22BrN3OS. The minimum atomic E-state index is 0.373. The van der Waals surface area contributed by atoms with Gasteiger partial charge in [-0.1, -0.05) is 0 Å². The van der Waals surface area contributed by atoms with E-state index in [1.54, 1.807) is 11.3 Å². The van der Waals surface area contributed by atoms with Gasteiger partial charge in [0.1, 0.15) is 0 Å². The van der Waals surface area contributed by atoms with Crippen LogP contribution in [0.5, 0.6) is 0 Å². The first kappa shape index (κ1) is 14.9. The minimum Gasteiger partial charge on any atom is -0.379 e. The lowest BCUT2D eigenvalue weighted by Gasteiger charge is -2.33. The van der Waals surface area contributed by atoms with Gasteiger partial charge in [0.2, 0.25) is 0 Å². The molecule has 4 nitrogen and oxygen atoms in total. The molecule has 0 spiro atoms. The highest BCUT2D eigenvalue weighted by atomic mass is 79.9. The van der Waals surface area contributed by atoms with Crippen LogP contribution in [-0.4, -0.2) is 61.8 Å². The van der Waals surface area contributed by atoms with Gasteiger partial charge in [-0.25, -0.2) is 0 Å². The Morgan fingerprint density at radius 3 is 2.80 bits per heavy atom. The molecule has 112 valence electrons. The van der Waals surface area contributed by atoms with Gasteiger partial charge >= 0.3 is 0 Å². The fourth-order valence-electron chi connectivity index (χ4n) is 3.24. The van der Waals surface area contributed by atoms with Crippen LogP contribution in [0.25, 0.3) is 0 Å². The van der Waals surface area contributed by atoms with E-state index in [1.165, 1.54) is 15.1 Å². The number of halogens is 1. The van der Waals surface area contributed by atoms with Crippen molar-refractivity contribution in [2.24, 2.45) is 5.73 Å². The van der Waals surface area contributed by atoms with E-state index in [4.69, 9.17) is 10.5 Å². The summed E-state index contributed by atoms with van der Waals surface area (Å²) in [7, 11) is 0. The summed E-state index contributed by atoms with van der Waals surface area (Å²) in [5.74, 6) is 0. The lowest BCUT2D eigenvalue weighted by molar-refractivity contribution is 0.0177. The van der Waals surface area contributed by atoms with Gasteiger partial charge < -0.3 is 10.5 Å². The average Bonchev–Trinajstić information content (AvgIpc) is 3.11. The molecule has 6 heteroatoms. The Morgan fingerprint density at radius 1 is 1.35 bits per heavy atom. The molecule has 0 bridgehead atoms. The van der Waals surface area contributed by atoms with Crippen molar-refractivity contribution in [1.29, 1.82) is 0 Å². The fourth-order valence-corrected chi connectivity index (χ4v) is 4.82. The first-order valence-corrected chi connectivity index (χ1v) is 8.90. The zero-order valence-electron chi connectivity index (χ0n) is 11.6. The Bertz CT molecular complexity index is 436.